The molecule has 6 nitrogen and oxygen atoms in total. The van der Waals surface area contributed by atoms with Crippen molar-refractivity contribution in [3.05, 3.63) is 24.4 Å². The summed E-state index contributed by atoms with van der Waals surface area (Å²) in [4.78, 5) is 30.6. The fourth-order valence-corrected chi connectivity index (χ4v) is 3.37. The highest BCUT2D eigenvalue weighted by molar-refractivity contribution is 7.65. The maximum absolute atomic E-state index is 11.7. The van der Waals surface area contributed by atoms with Crippen molar-refractivity contribution in [3.8, 4) is 0 Å². The van der Waals surface area contributed by atoms with Crippen molar-refractivity contribution >= 4 is 20.4 Å². The zero-order valence-corrected chi connectivity index (χ0v) is 10.2. The van der Waals surface area contributed by atoms with Crippen molar-refractivity contribution in [2.24, 2.45) is 0 Å². The first-order valence-electron chi connectivity index (χ1n) is 4.59. The predicted molar refractivity (Wildman–Crippen MR) is 60.1 cm³/mol. The molecule has 0 fully saturated rings. The molecule has 0 saturated heterocycles. The number of aromatic nitrogens is 1. The van der Waals surface area contributed by atoms with E-state index >= 15 is 0 Å². The zero-order chi connectivity index (χ0) is 12.2. The normalized spacial score (nSPS) is 15.7. The van der Waals surface area contributed by atoms with E-state index in [1.54, 1.807) is 12.1 Å². The number of hydrogen-bond donors (Lipinski definition) is 3. The van der Waals surface area contributed by atoms with Gasteiger partial charge in [0.15, 0.2) is 0 Å². The van der Waals surface area contributed by atoms with Crippen LogP contribution in [0.2, 0.25) is 0 Å². The average Bonchev–Trinajstić information content (AvgIpc) is 2.17. The van der Waals surface area contributed by atoms with Gasteiger partial charge in [0.25, 0.3) is 0 Å². The number of hydrogen-bond acceptors (Lipinski definition) is 3. The maximum atomic E-state index is 11.7. The Hall–Kier alpha value is -0.510. The molecule has 1 aromatic rings. The summed E-state index contributed by atoms with van der Waals surface area (Å²) in [5.74, 6) is 0. The third-order valence-electron chi connectivity index (χ3n) is 1.92. The Bertz CT molecular complexity index is 429. The van der Waals surface area contributed by atoms with Crippen LogP contribution >= 0.6 is 15.0 Å². The third kappa shape index (κ3) is 4.56. The topological polar surface area (TPSA) is 108 Å². The van der Waals surface area contributed by atoms with Crippen LogP contribution in [0.15, 0.2) is 24.4 Å². The first-order valence-corrected chi connectivity index (χ1v) is 8.23. The van der Waals surface area contributed by atoms with E-state index in [2.05, 4.69) is 4.98 Å². The minimum absolute atomic E-state index is 0.00533. The fraction of sp³-hybridized carbons (Fsp3) is 0.375. The Morgan fingerprint density at radius 3 is 2.31 bits per heavy atom. The lowest BCUT2D eigenvalue weighted by atomic mass is 10.5. The molecular formula is C8H13NO5P2. The van der Waals surface area contributed by atoms with Gasteiger partial charge in [0.05, 0.1) is 6.16 Å². The molecule has 16 heavy (non-hydrogen) atoms. The van der Waals surface area contributed by atoms with Crippen LogP contribution in [0.3, 0.4) is 0 Å². The van der Waals surface area contributed by atoms with Crippen molar-refractivity contribution in [3.63, 3.8) is 0 Å². The van der Waals surface area contributed by atoms with E-state index in [-0.39, 0.29) is 24.2 Å². The molecule has 90 valence electrons. The van der Waals surface area contributed by atoms with Crippen molar-refractivity contribution in [1.29, 1.82) is 0 Å². The van der Waals surface area contributed by atoms with Crippen LogP contribution in [0.1, 0.15) is 6.42 Å². The van der Waals surface area contributed by atoms with Gasteiger partial charge in [-0.3, -0.25) is 14.1 Å². The molecule has 1 aromatic heterocycles. The highest BCUT2D eigenvalue weighted by Gasteiger charge is 2.24. The quantitative estimate of drug-likeness (QED) is 0.671. The van der Waals surface area contributed by atoms with E-state index in [4.69, 9.17) is 9.79 Å². The van der Waals surface area contributed by atoms with E-state index in [0.29, 0.717) is 0 Å². The second-order valence-corrected chi connectivity index (χ2v) is 7.44. The number of pyridine rings is 1. The van der Waals surface area contributed by atoms with Crippen LogP contribution < -0.4 is 5.44 Å². The minimum Gasteiger partial charge on any atom is -0.340 e. The second kappa shape index (κ2) is 5.21. The molecule has 0 amide bonds. The summed E-state index contributed by atoms with van der Waals surface area (Å²) >= 11 is 0. The monoisotopic (exact) mass is 265 g/mol. The molecule has 0 aliphatic carbocycles. The van der Waals surface area contributed by atoms with Gasteiger partial charge < -0.3 is 14.7 Å². The summed E-state index contributed by atoms with van der Waals surface area (Å²) < 4.78 is 22.3. The molecule has 1 unspecified atom stereocenters. The van der Waals surface area contributed by atoms with E-state index < -0.39 is 15.0 Å². The SMILES string of the molecule is O=P(O)(O)CCCP(=O)(O)c1ccccn1. The number of rotatable bonds is 5. The van der Waals surface area contributed by atoms with Gasteiger partial charge in [0.2, 0.25) is 7.37 Å². The summed E-state index contributed by atoms with van der Waals surface area (Å²) in [5.41, 5.74) is 0.0701. The molecule has 0 spiro atoms. The Labute approximate surface area is 93.0 Å². The molecule has 0 saturated carbocycles. The van der Waals surface area contributed by atoms with Crippen molar-refractivity contribution in [1.82, 2.24) is 4.98 Å². The summed E-state index contributed by atoms with van der Waals surface area (Å²) in [6.45, 7) is 0. The molecule has 1 atom stereocenters. The molecule has 1 heterocycles. The van der Waals surface area contributed by atoms with Crippen LogP contribution in [-0.4, -0.2) is 32.0 Å². The van der Waals surface area contributed by atoms with Gasteiger partial charge in [-0.15, -0.1) is 0 Å². The zero-order valence-electron chi connectivity index (χ0n) is 8.43. The van der Waals surface area contributed by atoms with E-state index in [1.807, 2.05) is 0 Å². The highest BCUT2D eigenvalue weighted by Crippen LogP contribution is 2.42. The lowest BCUT2D eigenvalue weighted by Gasteiger charge is -2.10. The second-order valence-electron chi connectivity index (χ2n) is 3.35. The smallest absolute Gasteiger partial charge is 0.325 e. The summed E-state index contributed by atoms with van der Waals surface area (Å²) in [6, 6.07) is 4.64. The minimum atomic E-state index is -4.10. The molecule has 3 N–H and O–H groups in total. The molecule has 0 aliphatic rings. The predicted octanol–water partition coefficient (Wildman–Crippen LogP) is 0.545. The molecule has 1 rings (SSSR count). The van der Waals surface area contributed by atoms with Crippen molar-refractivity contribution in [2.75, 3.05) is 12.3 Å². The standard InChI is InChI=1S/C8H13NO5P2/c10-15(11,6-3-7-16(12,13)14)8-4-1-2-5-9-8/h1-2,4-5H,3,6-7H2,(H,10,11)(H2,12,13,14). The third-order valence-corrected chi connectivity index (χ3v) is 4.72. The van der Waals surface area contributed by atoms with Gasteiger partial charge >= 0.3 is 7.60 Å². The van der Waals surface area contributed by atoms with Crippen molar-refractivity contribution < 1.29 is 23.8 Å². The van der Waals surface area contributed by atoms with Crippen LogP contribution in [0.25, 0.3) is 0 Å². The van der Waals surface area contributed by atoms with Crippen LogP contribution in [0.4, 0.5) is 0 Å². The highest BCUT2D eigenvalue weighted by atomic mass is 31.2. The molecule has 8 heteroatoms. The molecular weight excluding hydrogens is 252 g/mol. The first kappa shape index (κ1) is 13.6. The van der Waals surface area contributed by atoms with E-state index in [9.17, 15) is 14.0 Å². The van der Waals surface area contributed by atoms with Gasteiger partial charge in [-0.2, -0.15) is 0 Å². The summed E-state index contributed by atoms with van der Waals surface area (Å²) in [7, 11) is -7.68. The van der Waals surface area contributed by atoms with Crippen LogP contribution in [0.5, 0.6) is 0 Å². The van der Waals surface area contributed by atoms with Gasteiger partial charge in [-0.25, -0.2) is 0 Å². The van der Waals surface area contributed by atoms with E-state index in [1.165, 1.54) is 12.3 Å². The largest absolute Gasteiger partial charge is 0.340 e. The molecule has 0 aromatic carbocycles. The van der Waals surface area contributed by atoms with Gasteiger partial charge in [-0.1, -0.05) is 6.07 Å². The summed E-state index contributed by atoms with van der Waals surface area (Å²) in [5, 5.41) is 0. The van der Waals surface area contributed by atoms with Gasteiger partial charge in [0, 0.05) is 12.4 Å². The van der Waals surface area contributed by atoms with Gasteiger partial charge in [-0.05, 0) is 18.6 Å². The van der Waals surface area contributed by atoms with Crippen LogP contribution in [-0.2, 0) is 9.13 Å². The molecule has 0 bridgehead atoms. The average molecular weight is 265 g/mol. The van der Waals surface area contributed by atoms with Crippen molar-refractivity contribution in [2.45, 2.75) is 6.42 Å². The Kier molecular flexibility index (Phi) is 4.42. The lowest BCUT2D eigenvalue weighted by molar-refractivity contribution is 0.372. The van der Waals surface area contributed by atoms with Crippen LogP contribution in [0, 0.1) is 0 Å². The first-order chi connectivity index (χ1) is 7.31. The fourth-order valence-electron chi connectivity index (χ4n) is 1.17. The lowest BCUT2D eigenvalue weighted by Crippen LogP contribution is -2.11. The Morgan fingerprint density at radius 1 is 1.12 bits per heavy atom. The van der Waals surface area contributed by atoms with E-state index in [0.717, 1.165) is 0 Å². The Balaban J connectivity index is 2.60. The maximum Gasteiger partial charge on any atom is 0.325 e. The molecule has 0 radical (unpaired) electrons. The van der Waals surface area contributed by atoms with Gasteiger partial charge in [0.1, 0.15) is 5.44 Å². The number of nitrogens with zero attached hydrogens (tertiary/aromatic N) is 1. The summed E-state index contributed by atoms with van der Waals surface area (Å²) in [6.07, 6.45) is 0.843. The molecule has 0 aliphatic heterocycles. The Morgan fingerprint density at radius 2 is 1.81 bits per heavy atom.